The molecule has 0 radical (unpaired) electrons. The largest absolute Gasteiger partial charge is 0.495 e. The number of amides is 1. The van der Waals surface area contributed by atoms with Gasteiger partial charge in [0.25, 0.3) is 0 Å². The summed E-state index contributed by atoms with van der Waals surface area (Å²) in [6, 6.07) is 25.2. The lowest BCUT2D eigenvalue weighted by molar-refractivity contribution is -0.115. The van der Waals surface area contributed by atoms with E-state index in [1.807, 2.05) is 90.4 Å². The molecule has 4 aromatic rings. The van der Waals surface area contributed by atoms with E-state index in [9.17, 15) is 4.79 Å². The molecule has 0 aliphatic rings. The summed E-state index contributed by atoms with van der Waals surface area (Å²) in [5.74, 6) is 1.17. The van der Waals surface area contributed by atoms with E-state index in [0.29, 0.717) is 23.1 Å². The molecular weight excluding hydrogens is 444 g/mol. The number of nitrogens with one attached hydrogen (secondary N) is 1. The topological polar surface area (TPSA) is 69.0 Å². The monoisotopic (exact) mass is 470 g/mol. The molecule has 1 amide bonds. The zero-order valence-corrected chi connectivity index (χ0v) is 20.0. The molecule has 7 heteroatoms. The third-order valence-corrected chi connectivity index (χ3v) is 6.47. The second-order valence-electron chi connectivity index (χ2n) is 7.67. The van der Waals surface area contributed by atoms with Crippen LogP contribution in [-0.2, 0) is 11.3 Å². The second-order valence-corrected chi connectivity index (χ2v) is 8.75. The van der Waals surface area contributed by atoms with Gasteiger partial charge in [-0.15, -0.1) is 16.8 Å². The number of hydrogen-bond acceptors (Lipinski definition) is 5. The van der Waals surface area contributed by atoms with Crippen LogP contribution in [0.5, 0.6) is 5.75 Å². The lowest BCUT2D eigenvalue weighted by atomic mass is 10.1. The van der Waals surface area contributed by atoms with Gasteiger partial charge in [-0.1, -0.05) is 84.6 Å². The minimum Gasteiger partial charge on any atom is -0.495 e. The highest BCUT2D eigenvalue weighted by molar-refractivity contribution is 8.00. The number of hydrogen-bond donors (Lipinski definition) is 1. The molecule has 4 rings (SSSR count). The van der Waals surface area contributed by atoms with Crippen molar-refractivity contribution in [1.82, 2.24) is 14.8 Å². The van der Waals surface area contributed by atoms with Crippen molar-refractivity contribution in [2.24, 2.45) is 0 Å². The number of ether oxygens (including phenoxy) is 1. The molecule has 1 unspecified atom stereocenters. The van der Waals surface area contributed by atoms with Gasteiger partial charge in [-0.05, 0) is 30.2 Å². The summed E-state index contributed by atoms with van der Waals surface area (Å²) in [5, 5.41) is 12.0. The number of aromatic nitrogens is 3. The van der Waals surface area contributed by atoms with E-state index in [2.05, 4.69) is 22.1 Å². The Morgan fingerprint density at radius 1 is 1.09 bits per heavy atom. The van der Waals surface area contributed by atoms with Crippen LogP contribution in [0.15, 0.2) is 96.7 Å². The predicted octanol–water partition coefficient (Wildman–Crippen LogP) is 5.92. The molecule has 172 valence electrons. The molecule has 1 N–H and O–H groups in total. The van der Waals surface area contributed by atoms with Gasteiger partial charge in [0.1, 0.15) is 11.0 Å². The second kappa shape index (κ2) is 10.9. The van der Waals surface area contributed by atoms with Crippen LogP contribution in [0.25, 0.3) is 11.4 Å². The van der Waals surface area contributed by atoms with E-state index in [4.69, 9.17) is 4.74 Å². The smallest absolute Gasteiger partial charge is 0.242 e. The van der Waals surface area contributed by atoms with Crippen molar-refractivity contribution < 1.29 is 9.53 Å². The predicted molar refractivity (Wildman–Crippen MR) is 137 cm³/mol. The zero-order valence-electron chi connectivity index (χ0n) is 19.1. The SMILES string of the molecule is C=CCn1c(SC(C(=O)Nc2cc(C)ccc2OC)c2ccccc2)nnc1-c1ccccc1. The quantitative estimate of drug-likeness (QED) is 0.243. The molecule has 0 bridgehead atoms. The number of aryl methyl sites for hydroxylation is 1. The fraction of sp³-hybridized carbons (Fsp3) is 0.148. The normalized spacial score (nSPS) is 11.6. The van der Waals surface area contributed by atoms with Crippen molar-refractivity contribution in [1.29, 1.82) is 0 Å². The summed E-state index contributed by atoms with van der Waals surface area (Å²) in [7, 11) is 1.59. The summed E-state index contributed by atoms with van der Waals surface area (Å²) in [5.41, 5.74) is 3.48. The van der Waals surface area contributed by atoms with E-state index in [1.165, 1.54) is 11.8 Å². The van der Waals surface area contributed by atoms with Gasteiger partial charge in [-0.3, -0.25) is 9.36 Å². The Bertz CT molecular complexity index is 1270. The van der Waals surface area contributed by atoms with Gasteiger partial charge in [0.05, 0.1) is 12.8 Å². The van der Waals surface area contributed by atoms with Crippen LogP contribution in [-0.4, -0.2) is 27.8 Å². The minimum absolute atomic E-state index is 0.172. The van der Waals surface area contributed by atoms with Crippen molar-refractivity contribution in [3.63, 3.8) is 0 Å². The van der Waals surface area contributed by atoms with Gasteiger partial charge < -0.3 is 10.1 Å². The van der Waals surface area contributed by atoms with E-state index in [-0.39, 0.29) is 5.91 Å². The number of anilines is 1. The average Bonchev–Trinajstić information content (AvgIpc) is 3.26. The molecule has 0 saturated heterocycles. The number of carbonyl (C=O) groups excluding carboxylic acids is 1. The summed E-state index contributed by atoms with van der Waals surface area (Å²) >= 11 is 1.36. The Morgan fingerprint density at radius 3 is 2.47 bits per heavy atom. The third-order valence-electron chi connectivity index (χ3n) is 5.24. The van der Waals surface area contributed by atoms with Crippen molar-refractivity contribution >= 4 is 23.4 Å². The standard InChI is InChI=1S/C27H26N4O2S/c1-4-17-31-25(21-13-9-6-10-14-21)29-30-27(31)34-24(20-11-7-5-8-12-20)26(32)28-22-18-19(2)15-16-23(22)33-3/h4-16,18,24H,1,17H2,2-3H3,(H,28,32). The highest BCUT2D eigenvalue weighted by Gasteiger charge is 2.26. The van der Waals surface area contributed by atoms with E-state index in [1.54, 1.807) is 13.2 Å². The lowest BCUT2D eigenvalue weighted by Gasteiger charge is -2.18. The minimum atomic E-state index is -0.553. The molecule has 0 saturated carbocycles. The summed E-state index contributed by atoms with van der Waals surface area (Å²) < 4.78 is 7.42. The number of methoxy groups -OCH3 is 1. The molecule has 6 nitrogen and oxygen atoms in total. The van der Waals surface area contributed by atoms with E-state index < -0.39 is 5.25 Å². The van der Waals surface area contributed by atoms with Crippen LogP contribution in [0.3, 0.4) is 0 Å². The van der Waals surface area contributed by atoms with Crippen molar-refractivity contribution in [2.75, 3.05) is 12.4 Å². The summed E-state index contributed by atoms with van der Waals surface area (Å²) in [6.07, 6.45) is 1.80. The number of rotatable bonds is 9. The van der Waals surface area contributed by atoms with Crippen LogP contribution >= 0.6 is 11.8 Å². The Morgan fingerprint density at radius 2 is 1.79 bits per heavy atom. The Kier molecular flexibility index (Phi) is 7.44. The Labute approximate surface area is 203 Å². The molecule has 1 heterocycles. The molecule has 3 aromatic carbocycles. The maximum Gasteiger partial charge on any atom is 0.242 e. The highest BCUT2D eigenvalue weighted by Crippen LogP contribution is 2.37. The summed E-state index contributed by atoms with van der Waals surface area (Å²) in [6.45, 7) is 6.38. The fourth-order valence-corrected chi connectivity index (χ4v) is 4.64. The average molecular weight is 471 g/mol. The molecule has 1 atom stereocenters. The molecule has 0 spiro atoms. The van der Waals surface area contributed by atoms with Crippen LogP contribution in [0.4, 0.5) is 5.69 Å². The van der Waals surface area contributed by atoms with Crippen LogP contribution < -0.4 is 10.1 Å². The molecule has 1 aromatic heterocycles. The number of allylic oxidation sites excluding steroid dienone is 1. The Hall–Kier alpha value is -3.84. The van der Waals surface area contributed by atoms with Crippen molar-refractivity contribution in [3.05, 3.63) is 103 Å². The van der Waals surface area contributed by atoms with Gasteiger partial charge >= 0.3 is 0 Å². The molecule has 0 fully saturated rings. The van der Waals surface area contributed by atoms with Gasteiger partial charge in [-0.25, -0.2) is 0 Å². The maximum atomic E-state index is 13.6. The zero-order chi connectivity index (χ0) is 23.9. The van der Waals surface area contributed by atoms with Crippen LogP contribution in [0.1, 0.15) is 16.4 Å². The first kappa shape index (κ1) is 23.3. The fourth-order valence-electron chi connectivity index (χ4n) is 3.59. The number of thioether (sulfide) groups is 1. The molecule has 0 aliphatic carbocycles. The number of carbonyl (C=O) groups is 1. The first-order chi connectivity index (χ1) is 16.6. The van der Waals surface area contributed by atoms with Gasteiger partial charge in [0, 0.05) is 12.1 Å². The first-order valence-electron chi connectivity index (χ1n) is 10.9. The summed E-state index contributed by atoms with van der Waals surface area (Å²) in [4.78, 5) is 13.6. The van der Waals surface area contributed by atoms with Gasteiger partial charge in [0.2, 0.25) is 5.91 Å². The molecule has 0 aliphatic heterocycles. The van der Waals surface area contributed by atoms with Crippen LogP contribution in [0, 0.1) is 6.92 Å². The first-order valence-corrected chi connectivity index (χ1v) is 11.7. The number of benzene rings is 3. The van der Waals surface area contributed by atoms with Crippen molar-refractivity contribution in [2.45, 2.75) is 23.9 Å². The van der Waals surface area contributed by atoms with Gasteiger partial charge in [-0.2, -0.15) is 0 Å². The van der Waals surface area contributed by atoms with Crippen molar-refractivity contribution in [3.8, 4) is 17.1 Å². The molecule has 34 heavy (non-hydrogen) atoms. The van der Waals surface area contributed by atoms with E-state index >= 15 is 0 Å². The van der Waals surface area contributed by atoms with Gasteiger partial charge in [0.15, 0.2) is 11.0 Å². The van der Waals surface area contributed by atoms with E-state index in [0.717, 1.165) is 22.5 Å². The number of nitrogens with zero attached hydrogens (tertiary/aromatic N) is 3. The molecular formula is C27H26N4O2S. The third kappa shape index (κ3) is 5.21. The lowest BCUT2D eigenvalue weighted by Crippen LogP contribution is -2.20. The highest BCUT2D eigenvalue weighted by atomic mass is 32.2. The Balaban J connectivity index is 1.70. The van der Waals surface area contributed by atoms with Crippen LogP contribution in [0.2, 0.25) is 0 Å². The maximum absolute atomic E-state index is 13.6.